The molecular weight excluding hydrogens is 398 g/mol. The Balaban J connectivity index is 1.34. The average Bonchev–Trinajstić information content (AvgIpc) is 3.19. The second-order valence-electron chi connectivity index (χ2n) is 6.48. The minimum Gasteiger partial charge on any atom is -0.323 e. The maximum Gasteiger partial charge on any atom is 0.243 e. The molecule has 8 nitrogen and oxygen atoms in total. The number of anilines is 1. The minimum absolute atomic E-state index is 0.153. The molecule has 1 aromatic heterocycles. The number of nitrogens with one attached hydrogen (secondary N) is 1. The van der Waals surface area contributed by atoms with Crippen molar-refractivity contribution in [3.8, 4) is 0 Å². The van der Waals surface area contributed by atoms with Crippen LogP contribution in [0.4, 0.5) is 5.69 Å². The minimum atomic E-state index is -3.49. The molecule has 0 unspecified atom stereocenters. The average molecular weight is 418 g/mol. The maximum absolute atomic E-state index is 12.7. The van der Waals surface area contributed by atoms with E-state index in [1.165, 1.54) is 4.31 Å². The first kappa shape index (κ1) is 18.9. The van der Waals surface area contributed by atoms with E-state index in [0.717, 1.165) is 17.2 Å². The first-order valence-corrected chi connectivity index (χ1v) is 11.0. The Morgan fingerprint density at radius 2 is 1.75 bits per heavy atom. The van der Waals surface area contributed by atoms with E-state index < -0.39 is 10.0 Å². The molecule has 0 aliphatic carbocycles. The van der Waals surface area contributed by atoms with Crippen molar-refractivity contribution in [3.05, 3.63) is 48.5 Å². The van der Waals surface area contributed by atoms with Gasteiger partial charge in [0.05, 0.1) is 28.9 Å². The SMILES string of the molecule is O=C(CN1CCN(S(=O)(=O)c2ccccc2)CC1)Nc1cccc2nsnc12. The van der Waals surface area contributed by atoms with Crippen LogP contribution in [0.5, 0.6) is 0 Å². The highest BCUT2D eigenvalue weighted by molar-refractivity contribution is 7.89. The molecule has 1 N–H and O–H groups in total. The molecule has 0 spiro atoms. The molecule has 28 heavy (non-hydrogen) atoms. The van der Waals surface area contributed by atoms with E-state index in [4.69, 9.17) is 0 Å². The number of carbonyl (C=O) groups excluding carboxylic acids is 1. The Hall–Kier alpha value is -2.40. The van der Waals surface area contributed by atoms with Crippen molar-refractivity contribution in [2.45, 2.75) is 4.90 Å². The van der Waals surface area contributed by atoms with Crippen LogP contribution >= 0.6 is 11.7 Å². The van der Waals surface area contributed by atoms with Gasteiger partial charge in [0, 0.05) is 26.2 Å². The molecule has 1 aliphatic rings. The molecule has 0 saturated carbocycles. The lowest BCUT2D eigenvalue weighted by Crippen LogP contribution is -2.50. The van der Waals surface area contributed by atoms with Crippen LogP contribution in [0.2, 0.25) is 0 Å². The van der Waals surface area contributed by atoms with Gasteiger partial charge in [-0.1, -0.05) is 24.3 Å². The summed E-state index contributed by atoms with van der Waals surface area (Å²) in [6.45, 7) is 1.92. The number of rotatable bonds is 5. The van der Waals surface area contributed by atoms with Crippen molar-refractivity contribution in [2.75, 3.05) is 38.0 Å². The third-order valence-corrected chi connectivity index (χ3v) is 7.09. The number of aromatic nitrogens is 2. The van der Waals surface area contributed by atoms with E-state index >= 15 is 0 Å². The number of amides is 1. The summed E-state index contributed by atoms with van der Waals surface area (Å²) in [5.74, 6) is -0.153. The largest absolute Gasteiger partial charge is 0.323 e. The third kappa shape index (κ3) is 3.90. The van der Waals surface area contributed by atoms with Crippen molar-refractivity contribution in [3.63, 3.8) is 0 Å². The molecular formula is C18H19N5O3S2. The predicted octanol–water partition coefficient (Wildman–Crippen LogP) is 1.64. The first-order valence-electron chi connectivity index (χ1n) is 8.83. The fourth-order valence-corrected chi connectivity index (χ4v) is 5.16. The van der Waals surface area contributed by atoms with Crippen molar-refractivity contribution in [1.82, 2.24) is 18.0 Å². The lowest BCUT2D eigenvalue weighted by molar-refractivity contribution is -0.117. The van der Waals surface area contributed by atoms with Crippen LogP contribution < -0.4 is 5.32 Å². The summed E-state index contributed by atoms with van der Waals surface area (Å²) in [6.07, 6.45) is 0. The molecule has 3 aromatic rings. The Labute approximate surface area is 167 Å². The maximum atomic E-state index is 12.7. The Kier molecular flexibility index (Phi) is 5.36. The van der Waals surface area contributed by atoms with Crippen molar-refractivity contribution < 1.29 is 13.2 Å². The molecule has 4 rings (SSSR count). The summed E-state index contributed by atoms with van der Waals surface area (Å²) in [4.78, 5) is 14.7. The van der Waals surface area contributed by atoms with Crippen LogP contribution in [0.3, 0.4) is 0 Å². The molecule has 2 aromatic carbocycles. The summed E-state index contributed by atoms with van der Waals surface area (Å²) in [5, 5.41) is 2.88. The van der Waals surface area contributed by atoms with Crippen LogP contribution in [0.15, 0.2) is 53.4 Å². The van der Waals surface area contributed by atoms with Gasteiger partial charge in [-0.15, -0.1) is 0 Å². The summed E-state index contributed by atoms with van der Waals surface area (Å²) in [7, 11) is -3.49. The number of nitrogens with zero attached hydrogens (tertiary/aromatic N) is 4. The molecule has 1 fully saturated rings. The van der Waals surface area contributed by atoms with Gasteiger partial charge in [-0.05, 0) is 24.3 Å². The standard InChI is InChI=1S/C18H19N5O3S2/c24-17(19-15-7-4-8-16-18(15)21-27-20-16)13-22-9-11-23(12-10-22)28(25,26)14-5-2-1-3-6-14/h1-8H,9-13H2,(H,19,24). The van der Waals surface area contributed by atoms with Gasteiger partial charge in [-0.25, -0.2) is 8.42 Å². The molecule has 0 radical (unpaired) electrons. The van der Waals surface area contributed by atoms with E-state index in [2.05, 4.69) is 14.1 Å². The van der Waals surface area contributed by atoms with Gasteiger partial charge < -0.3 is 5.32 Å². The highest BCUT2D eigenvalue weighted by Crippen LogP contribution is 2.21. The number of benzene rings is 2. The zero-order valence-corrected chi connectivity index (χ0v) is 16.6. The molecule has 1 aliphatic heterocycles. The molecule has 0 bridgehead atoms. The fourth-order valence-electron chi connectivity index (χ4n) is 3.17. The quantitative estimate of drug-likeness (QED) is 0.678. The van der Waals surface area contributed by atoms with Gasteiger partial charge in [0.2, 0.25) is 15.9 Å². The van der Waals surface area contributed by atoms with Crippen LogP contribution in [0.25, 0.3) is 11.0 Å². The third-order valence-electron chi connectivity index (χ3n) is 4.64. The highest BCUT2D eigenvalue weighted by Gasteiger charge is 2.28. The van der Waals surface area contributed by atoms with E-state index in [1.807, 2.05) is 17.0 Å². The van der Waals surface area contributed by atoms with Gasteiger partial charge in [-0.3, -0.25) is 9.69 Å². The van der Waals surface area contributed by atoms with E-state index in [-0.39, 0.29) is 12.5 Å². The van der Waals surface area contributed by atoms with Crippen molar-refractivity contribution in [2.24, 2.45) is 0 Å². The van der Waals surface area contributed by atoms with Gasteiger partial charge >= 0.3 is 0 Å². The molecule has 0 atom stereocenters. The highest BCUT2D eigenvalue weighted by atomic mass is 32.2. The normalized spacial score (nSPS) is 16.3. The van der Waals surface area contributed by atoms with Crippen molar-refractivity contribution in [1.29, 1.82) is 0 Å². The Bertz CT molecular complexity index is 1080. The molecule has 2 heterocycles. The second kappa shape index (κ2) is 7.92. The summed E-state index contributed by atoms with van der Waals surface area (Å²) >= 11 is 1.11. The second-order valence-corrected chi connectivity index (χ2v) is 8.95. The summed E-state index contributed by atoms with van der Waals surface area (Å²) in [5.41, 5.74) is 2.07. The predicted molar refractivity (Wildman–Crippen MR) is 108 cm³/mol. The first-order chi connectivity index (χ1) is 13.5. The fraction of sp³-hybridized carbons (Fsp3) is 0.278. The van der Waals surface area contributed by atoms with Crippen LogP contribution in [-0.4, -0.2) is 65.0 Å². The van der Waals surface area contributed by atoms with Gasteiger partial charge in [0.15, 0.2) is 0 Å². The molecule has 1 saturated heterocycles. The van der Waals surface area contributed by atoms with E-state index in [9.17, 15) is 13.2 Å². The number of hydrogen-bond donors (Lipinski definition) is 1. The Morgan fingerprint density at radius 1 is 1.00 bits per heavy atom. The Morgan fingerprint density at radius 3 is 2.50 bits per heavy atom. The lowest BCUT2D eigenvalue weighted by atomic mass is 10.2. The number of carbonyl (C=O) groups is 1. The topological polar surface area (TPSA) is 95.5 Å². The number of hydrogen-bond acceptors (Lipinski definition) is 7. The van der Waals surface area contributed by atoms with Crippen LogP contribution in [0.1, 0.15) is 0 Å². The zero-order valence-electron chi connectivity index (χ0n) is 15.0. The van der Waals surface area contributed by atoms with Crippen molar-refractivity contribution >= 4 is 44.4 Å². The summed E-state index contributed by atoms with van der Waals surface area (Å²) < 4.78 is 35.2. The summed E-state index contributed by atoms with van der Waals surface area (Å²) in [6, 6.07) is 13.9. The monoisotopic (exact) mass is 417 g/mol. The van der Waals surface area contributed by atoms with Gasteiger partial charge in [-0.2, -0.15) is 13.1 Å². The van der Waals surface area contributed by atoms with E-state index in [1.54, 1.807) is 36.4 Å². The van der Waals surface area contributed by atoms with Crippen LogP contribution in [-0.2, 0) is 14.8 Å². The van der Waals surface area contributed by atoms with Gasteiger partial charge in [0.25, 0.3) is 0 Å². The number of piperazine rings is 1. The lowest BCUT2D eigenvalue weighted by Gasteiger charge is -2.33. The zero-order chi connectivity index (χ0) is 19.6. The van der Waals surface area contributed by atoms with E-state index in [0.29, 0.717) is 42.3 Å². The number of sulfonamides is 1. The number of fused-ring (bicyclic) bond motifs is 1. The van der Waals surface area contributed by atoms with Gasteiger partial charge in [0.1, 0.15) is 11.0 Å². The van der Waals surface area contributed by atoms with Crippen LogP contribution in [0, 0.1) is 0 Å². The smallest absolute Gasteiger partial charge is 0.243 e. The molecule has 1 amide bonds. The molecule has 146 valence electrons. The molecule has 10 heteroatoms.